The molecular formula is C41H61N9O3. The van der Waals surface area contributed by atoms with Gasteiger partial charge >= 0.3 is 0 Å². The number of amides is 3. The van der Waals surface area contributed by atoms with Crippen molar-refractivity contribution >= 4 is 18.2 Å². The molecule has 1 aromatic carbocycles. The fourth-order valence-electron chi connectivity index (χ4n) is 7.70. The SMILES string of the molecule is C=C/C=C\C1=C(C)CCc2cc(C(=O)N3CCCC3)ccc2C1(CC(C)NCC(=O)N1CCCC1C#N)c1nn[nH]n1.CC.CC.O=CN1CCCC1. The summed E-state index contributed by atoms with van der Waals surface area (Å²) < 4.78 is 0. The number of carbonyl (C=O) groups is 3. The van der Waals surface area contributed by atoms with Crippen LogP contribution in [0.25, 0.3) is 0 Å². The van der Waals surface area contributed by atoms with E-state index in [0.717, 1.165) is 87.8 Å². The Balaban J connectivity index is 0.000000601. The summed E-state index contributed by atoms with van der Waals surface area (Å²) >= 11 is 0. The van der Waals surface area contributed by atoms with Crippen molar-refractivity contribution in [1.29, 1.82) is 5.26 Å². The van der Waals surface area contributed by atoms with E-state index in [4.69, 9.17) is 0 Å². The van der Waals surface area contributed by atoms with Gasteiger partial charge in [-0.15, -0.1) is 10.2 Å². The molecule has 2 aromatic rings. The summed E-state index contributed by atoms with van der Waals surface area (Å²) in [6, 6.07) is 7.81. The first-order chi connectivity index (χ1) is 25.8. The van der Waals surface area contributed by atoms with Crippen LogP contribution in [0.3, 0.4) is 0 Å². The van der Waals surface area contributed by atoms with Crippen LogP contribution in [-0.2, 0) is 21.4 Å². The number of aryl methyl sites for hydroxylation is 1. The van der Waals surface area contributed by atoms with Crippen molar-refractivity contribution in [1.82, 2.24) is 40.6 Å². The summed E-state index contributed by atoms with van der Waals surface area (Å²) in [4.78, 5) is 41.7. The highest BCUT2D eigenvalue weighted by molar-refractivity contribution is 5.94. The second-order valence-corrected chi connectivity index (χ2v) is 13.5. The summed E-state index contributed by atoms with van der Waals surface area (Å²) in [7, 11) is 0. The van der Waals surface area contributed by atoms with E-state index < -0.39 is 5.41 Å². The van der Waals surface area contributed by atoms with Gasteiger partial charge in [0, 0.05) is 44.3 Å². The maximum atomic E-state index is 13.3. The quantitative estimate of drug-likeness (QED) is 0.227. The van der Waals surface area contributed by atoms with Crippen LogP contribution in [-0.4, -0.2) is 105 Å². The first kappa shape index (κ1) is 42.8. The Morgan fingerprint density at radius 3 is 2.38 bits per heavy atom. The number of carbonyl (C=O) groups excluding carboxylic acids is 3. The third kappa shape index (κ3) is 10.5. The second kappa shape index (κ2) is 21.8. The molecule has 0 saturated carbocycles. The van der Waals surface area contributed by atoms with Gasteiger partial charge in [0.1, 0.15) is 6.04 Å². The number of hydrogen-bond acceptors (Lipinski definition) is 8. The van der Waals surface area contributed by atoms with E-state index in [9.17, 15) is 19.6 Å². The third-order valence-corrected chi connectivity index (χ3v) is 10.2. The fourth-order valence-corrected chi connectivity index (χ4v) is 7.70. The van der Waals surface area contributed by atoms with Crippen molar-refractivity contribution < 1.29 is 14.4 Å². The lowest BCUT2D eigenvalue weighted by Crippen LogP contribution is -2.45. The van der Waals surface area contributed by atoms with E-state index in [-0.39, 0.29) is 30.4 Å². The largest absolute Gasteiger partial charge is 0.345 e. The monoisotopic (exact) mass is 727 g/mol. The minimum Gasteiger partial charge on any atom is -0.345 e. The minimum absolute atomic E-state index is 0.0654. The molecule has 1 aromatic heterocycles. The second-order valence-electron chi connectivity index (χ2n) is 13.5. The van der Waals surface area contributed by atoms with Gasteiger partial charge in [-0.3, -0.25) is 14.4 Å². The molecule has 3 saturated heterocycles. The fraction of sp³-hybridized carbons (Fsp3) is 0.585. The molecule has 3 amide bonds. The Hall–Kier alpha value is -4.63. The van der Waals surface area contributed by atoms with Crippen molar-refractivity contribution in [2.45, 2.75) is 117 Å². The highest BCUT2D eigenvalue weighted by Gasteiger charge is 2.46. The zero-order chi connectivity index (χ0) is 38.8. The van der Waals surface area contributed by atoms with Gasteiger partial charge in [-0.05, 0) is 100 Å². The van der Waals surface area contributed by atoms with E-state index in [0.29, 0.717) is 24.4 Å². The lowest BCUT2D eigenvalue weighted by molar-refractivity contribution is -0.130. The first-order valence-electron chi connectivity index (χ1n) is 19.6. The molecule has 4 heterocycles. The van der Waals surface area contributed by atoms with Crippen LogP contribution in [0.2, 0.25) is 0 Å². The number of H-pyrrole nitrogens is 1. The van der Waals surface area contributed by atoms with Crippen LogP contribution >= 0.6 is 0 Å². The summed E-state index contributed by atoms with van der Waals surface area (Å²) in [5.74, 6) is 0.549. The third-order valence-electron chi connectivity index (χ3n) is 10.2. The lowest BCUT2D eigenvalue weighted by atomic mass is 9.67. The molecule has 2 N–H and O–H groups in total. The van der Waals surface area contributed by atoms with E-state index in [1.54, 1.807) is 15.9 Å². The number of tetrazole rings is 1. The Morgan fingerprint density at radius 2 is 1.77 bits per heavy atom. The molecule has 3 aliphatic heterocycles. The van der Waals surface area contributed by atoms with Gasteiger partial charge in [0.05, 0.1) is 18.0 Å². The maximum absolute atomic E-state index is 13.3. The highest BCUT2D eigenvalue weighted by atomic mass is 16.2. The van der Waals surface area contributed by atoms with Crippen LogP contribution in [0.1, 0.15) is 120 Å². The zero-order valence-electron chi connectivity index (χ0n) is 32.9. The number of likely N-dealkylation sites (tertiary alicyclic amines) is 3. The molecule has 3 fully saturated rings. The molecule has 1 aliphatic carbocycles. The maximum Gasteiger partial charge on any atom is 0.253 e. The number of allylic oxidation sites excluding steroid dienone is 5. The van der Waals surface area contributed by atoms with Gasteiger partial charge in [0.15, 0.2) is 5.82 Å². The van der Waals surface area contributed by atoms with Gasteiger partial charge in [-0.1, -0.05) is 69.4 Å². The number of nitriles is 1. The van der Waals surface area contributed by atoms with Crippen molar-refractivity contribution in [2.24, 2.45) is 0 Å². The summed E-state index contributed by atoms with van der Waals surface area (Å²) in [6.07, 6.45) is 14.9. The smallest absolute Gasteiger partial charge is 0.253 e. The highest BCUT2D eigenvalue weighted by Crippen LogP contribution is 2.47. The predicted octanol–water partition coefficient (Wildman–Crippen LogP) is 5.90. The molecule has 12 heteroatoms. The molecule has 6 rings (SSSR count). The molecule has 0 spiro atoms. The van der Waals surface area contributed by atoms with E-state index in [1.165, 1.54) is 18.4 Å². The van der Waals surface area contributed by atoms with Crippen molar-refractivity contribution in [3.63, 3.8) is 0 Å². The topological polar surface area (TPSA) is 151 Å². The minimum atomic E-state index is -0.796. The Bertz CT molecular complexity index is 1580. The number of hydrogen-bond donors (Lipinski definition) is 2. The molecule has 0 bridgehead atoms. The van der Waals surface area contributed by atoms with E-state index >= 15 is 0 Å². The van der Waals surface area contributed by atoms with Gasteiger partial charge < -0.3 is 20.0 Å². The van der Waals surface area contributed by atoms with Gasteiger partial charge in [-0.2, -0.15) is 10.5 Å². The molecule has 0 radical (unpaired) electrons. The van der Waals surface area contributed by atoms with Gasteiger partial charge in [-0.25, -0.2) is 0 Å². The molecule has 288 valence electrons. The molecule has 3 atom stereocenters. The van der Waals surface area contributed by atoms with Gasteiger partial charge in [0.2, 0.25) is 12.3 Å². The van der Waals surface area contributed by atoms with Crippen LogP contribution in [0.15, 0.2) is 54.2 Å². The standard InChI is InChI=1S/C32H40N8O2.C5H9NO.2C2H6/c1-4-5-10-27-22(2)11-12-24-18-25(30(42)39-15-6-7-16-39)13-14-28(24)32(27,31-35-37-38-36-31)19-23(3)34-21-29(41)40-17-8-9-26(40)20-33;7-5-6-3-1-2-4-6;2*1-2/h4-5,10,13-14,18,23,26,34H,1,6-9,11-12,15-17,19,21H2,2-3H3,(H,35,36,37,38);5H,1-4H2;2*1-2H3/b10-5-;;;. The van der Waals surface area contributed by atoms with E-state index in [2.05, 4.69) is 70.6 Å². The van der Waals surface area contributed by atoms with Crippen LogP contribution in [0.4, 0.5) is 0 Å². The lowest BCUT2D eigenvalue weighted by Gasteiger charge is -2.37. The van der Waals surface area contributed by atoms with Crippen molar-refractivity contribution in [2.75, 3.05) is 39.3 Å². The Kier molecular flexibility index (Phi) is 17.6. The first-order valence-corrected chi connectivity index (χ1v) is 19.6. The molecule has 12 nitrogen and oxygen atoms in total. The van der Waals surface area contributed by atoms with Crippen LogP contribution in [0, 0.1) is 11.3 Å². The molecule has 53 heavy (non-hydrogen) atoms. The number of nitrogens with zero attached hydrogens (tertiary/aromatic N) is 7. The molecule has 4 aliphatic rings. The molecular weight excluding hydrogens is 667 g/mol. The van der Waals surface area contributed by atoms with E-state index in [1.807, 2.05) is 44.7 Å². The summed E-state index contributed by atoms with van der Waals surface area (Å²) in [5, 5.41) is 28.6. The van der Waals surface area contributed by atoms with Gasteiger partial charge in [0.25, 0.3) is 5.91 Å². The normalized spacial score (nSPS) is 21.2. The van der Waals surface area contributed by atoms with Crippen LogP contribution < -0.4 is 5.32 Å². The number of aromatic amines is 1. The van der Waals surface area contributed by atoms with Crippen LogP contribution in [0.5, 0.6) is 0 Å². The number of fused-ring (bicyclic) bond motifs is 1. The summed E-state index contributed by atoms with van der Waals surface area (Å²) in [5.41, 5.74) is 4.28. The Morgan fingerprint density at radius 1 is 1.08 bits per heavy atom. The molecule has 3 unspecified atom stereocenters. The average Bonchev–Trinajstić information content (AvgIpc) is 4.05. The number of benzene rings is 1. The zero-order valence-corrected chi connectivity index (χ0v) is 32.9. The number of rotatable bonds is 10. The van der Waals surface area contributed by atoms with Crippen molar-refractivity contribution in [3.8, 4) is 6.07 Å². The summed E-state index contributed by atoms with van der Waals surface area (Å²) in [6.45, 7) is 20.4. The van der Waals surface area contributed by atoms with Crippen molar-refractivity contribution in [3.05, 3.63) is 76.7 Å². The Labute approximate surface area is 316 Å². The number of aromatic nitrogens is 4. The average molecular weight is 728 g/mol. The predicted molar refractivity (Wildman–Crippen MR) is 209 cm³/mol. The number of nitrogens with one attached hydrogen (secondary N) is 2.